The summed E-state index contributed by atoms with van der Waals surface area (Å²) in [6, 6.07) is 8.47. The van der Waals surface area contributed by atoms with Crippen molar-refractivity contribution in [1.82, 2.24) is 0 Å². The molecule has 1 aliphatic carbocycles. The van der Waals surface area contributed by atoms with Gasteiger partial charge in [0.1, 0.15) is 0 Å². The van der Waals surface area contributed by atoms with Crippen LogP contribution in [0.4, 0.5) is 0 Å². The normalized spacial score (nSPS) is 18.1. The van der Waals surface area contributed by atoms with E-state index in [1.807, 2.05) is 0 Å². The van der Waals surface area contributed by atoms with E-state index in [0.29, 0.717) is 15.3 Å². The Morgan fingerprint density at radius 2 is 2.08 bits per heavy atom. The predicted octanol–water partition coefficient (Wildman–Crippen LogP) is -0.976. The van der Waals surface area contributed by atoms with Gasteiger partial charge in [0.05, 0.1) is 0 Å². The topological polar surface area (TPSA) is 9.23 Å². The number of fused-ring (bicyclic) bond motifs is 1. The van der Waals surface area contributed by atoms with E-state index in [4.69, 9.17) is 4.43 Å². The van der Waals surface area contributed by atoms with Crippen LogP contribution in [0.25, 0.3) is 6.08 Å². The predicted molar refractivity (Wildman–Crippen MR) is 51.0 cm³/mol. The second kappa shape index (κ2) is 5.13. The Morgan fingerprint density at radius 3 is 2.85 bits per heavy atom. The zero-order chi connectivity index (χ0) is 8.39. The van der Waals surface area contributed by atoms with Crippen LogP contribution in [0.3, 0.4) is 0 Å². The van der Waals surface area contributed by atoms with Crippen LogP contribution in [-0.2, 0) is 4.43 Å². The first-order valence-corrected chi connectivity index (χ1v) is 4.96. The van der Waals surface area contributed by atoms with Crippen molar-refractivity contribution in [2.24, 2.45) is 0 Å². The molecule has 13 heavy (non-hydrogen) atoms. The third kappa shape index (κ3) is 2.33. The summed E-state index contributed by atoms with van der Waals surface area (Å²) in [5.74, 6) is 0. The molecule has 1 nitrogen and oxygen atoms in total. The molecule has 3 heteroatoms. The average molecular weight is 197 g/mol. The van der Waals surface area contributed by atoms with E-state index in [-0.39, 0.29) is 29.6 Å². The van der Waals surface area contributed by atoms with Gasteiger partial charge in [0.2, 0.25) is 9.76 Å². The molecule has 0 N–H and O–H groups in total. The molecule has 0 saturated heterocycles. The molecule has 0 spiro atoms. The maximum atomic E-state index is 5.16. The van der Waals surface area contributed by atoms with Crippen LogP contribution in [0, 0.1) is 0 Å². The van der Waals surface area contributed by atoms with Crippen LogP contribution in [-0.4, -0.2) is 16.9 Å². The van der Waals surface area contributed by atoms with Crippen molar-refractivity contribution in [2.75, 3.05) is 7.11 Å². The van der Waals surface area contributed by atoms with Crippen molar-refractivity contribution < 1.29 is 34.0 Å². The number of rotatable bonds is 2. The Bertz CT molecular complexity index is 312. The fraction of sp³-hybridized carbons (Fsp3) is 0.200. The minimum atomic E-state index is 0. The molecule has 0 aromatic heterocycles. The first-order valence-electron chi connectivity index (χ1n) is 3.97. The second-order valence-electron chi connectivity index (χ2n) is 2.79. The van der Waals surface area contributed by atoms with Crippen LogP contribution >= 0.6 is 0 Å². The third-order valence-corrected chi connectivity index (χ3v) is 3.04. The SMILES string of the molecule is CO[Si]C1C=Cc2ccccc21.[Na+]. The maximum Gasteiger partial charge on any atom is 1.00 e. The largest absolute Gasteiger partial charge is 1.00 e. The van der Waals surface area contributed by atoms with Crippen LogP contribution in [0.15, 0.2) is 30.3 Å². The fourth-order valence-electron chi connectivity index (χ4n) is 1.48. The molecule has 1 aromatic rings. The quantitative estimate of drug-likeness (QED) is 0.554. The Morgan fingerprint density at radius 1 is 1.31 bits per heavy atom. The van der Waals surface area contributed by atoms with Gasteiger partial charge in [0, 0.05) is 12.7 Å². The van der Waals surface area contributed by atoms with E-state index in [1.165, 1.54) is 11.1 Å². The van der Waals surface area contributed by atoms with Gasteiger partial charge in [-0.25, -0.2) is 0 Å². The van der Waals surface area contributed by atoms with Gasteiger partial charge in [0.15, 0.2) is 0 Å². The van der Waals surface area contributed by atoms with E-state index in [0.717, 1.165) is 0 Å². The molecule has 1 aliphatic rings. The summed E-state index contributed by atoms with van der Waals surface area (Å²) >= 11 is 0. The smallest absolute Gasteiger partial charge is 0.420 e. The van der Waals surface area contributed by atoms with Crippen molar-refractivity contribution >= 4 is 15.8 Å². The monoisotopic (exact) mass is 197 g/mol. The zero-order valence-corrected chi connectivity index (χ0v) is 10.9. The average Bonchev–Trinajstić information content (AvgIpc) is 2.50. The number of allylic oxidation sites excluding steroid dienone is 1. The summed E-state index contributed by atoms with van der Waals surface area (Å²) < 4.78 is 5.16. The molecular weight excluding hydrogens is 187 g/mol. The van der Waals surface area contributed by atoms with Gasteiger partial charge in [-0.3, -0.25) is 0 Å². The molecule has 0 amide bonds. The van der Waals surface area contributed by atoms with Crippen molar-refractivity contribution in [1.29, 1.82) is 0 Å². The molecule has 2 radical (unpaired) electrons. The van der Waals surface area contributed by atoms with Crippen LogP contribution in [0.1, 0.15) is 16.7 Å². The van der Waals surface area contributed by atoms with Gasteiger partial charge in [-0.05, 0) is 11.1 Å². The van der Waals surface area contributed by atoms with Gasteiger partial charge in [-0.15, -0.1) is 0 Å². The van der Waals surface area contributed by atoms with Crippen molar-refractivity contribution in [2.45, 2.75) is 5.54 Å². The minimum Gasteiger partial charge on any atom is -0.420 e. The Balaban J connectivity index is 0.000000845. The molecule has 1 unspecified atom stereocenters. The van der Waals surface area contributed by atoms with Gasteiger partial charge >= 0.3 is 29.6 Å². The molecule has 0 bridgehead atoms. The summed E-state index contributed by atoms with van der Waals surface area (Å²) in [4.78, 5) is 0. The van der Waals surface area contributed by atoms with E-state index >= 15 is 0 Å². The van der Waals surface area contributed by atoms with Crippen molar-refractivity contribution in [3.63, 3.8) is 0 Å². The van der Waals surface area contributed by atoms with Crippen LogP contribution < -0.4 is 29.6 Å². The second-order valence-corrected chi connectivity index (χ2v) is 4.05. The Hall–Kier alpha value is 0.137. The number of hydrogen-bond acceptors (Lipinski definition) is 1. The fourth-order valence-corrected chi connectivity index (χ4v) is 2.30. The van der Waals surface area contributed by atoms with Crippen molar-refractivity contribution in [3.05, 3.63) is 41.5 Å². The first kappa shape index (κ1) is 11.2. The molecule has 60 valence electrons. The molecule has 1 aromatic carbocycles. The van der Waals surface area contributed by atoms with E-state index in [2.05, 4.69) is 36.4 Å². The molecule has 0 saturated carbocycles. The van der Waals surface area contributed by atoms with E-state index < -0.39 is 0 Å². The standard InChI is InChI=1S/C10H10OSi.Na/c1-11-12-10-7-6-8-4-2-3-5-9(8)10;/h2-7,10H,1H3;/q;+1. The first-order chi connectivity index (χ1) is 5.92. The summed E-state index contributed by atoms with van der Waals surface area (Å²) in [5, 5.41) is 0. The maximum absolute atomic E-state index is 5.16. The molecular formula is C10H10NaOSi+. The molecule has 1 atom stereocenters. The Labute approximate surface area is 103 Å². The summed E-state index contributed by atoms with van der Waals surface area (Å²) in [6.07, 6.45) is 4.39. The summed E-state index contributed by atoms with van der Waals surface area (Å²) in [7, 11) is 2.31. The van der Waals surface area contributed by atoms with Gasteiger partial charge in [0.25, 0.3) is 0 Å². The zero-order valence-electron chi connectivity index (χ0n) is 7.95. The number of hydrogen-bond donors (Lipinski definition) is 0. The Kier molecular flexibility index (Phi) is 4.42. The third-order valence-electron chi connectivity index (χ3n) is 2.04. The molecule has 0 aliphatic heterocycles. The van der Waals surface area contributed by atoms with E-state index in [1.54, 1.807) is 7.11 Å². The van der Waals surface area contributed by atoms with E-state index in [9.17, 15) is 0 Å². The minimum absolute atomic E-state index is 0. The van der Waals surface area contributed by atoms with Crippen molar-refractivity contribution in [3.8, 4) is 0 Å². The van der Waals surface area contributed by atoms with Gasteiger partial charge in [-0.1, -0.05) is 36.4 Å². The van der Waals surface area contributed by atoms with Gasteiger partial charge < -0.3 is 4.43 Å². The number of benzene rings is 1. The summed E-state index contributed by atoms with van der Waals surface area (Å²) in [6.45, 7) is 0. The van der Waals surface area contributed by atoms with Crippen LogP contribution in [0.5, 0.6) is 0 Å². The molecule has 0 fully saturated rings. The summed E-state index contributed by atoms with van der Waals surface area (Å²) in [5.41, 5.74) is 3.23. The molecule has 0 heterocycles. The molecule has 2 rings (SSSR count). The van der Waals surface area contributed by atoms with Gasteiger partial charge in [-0.2, -0.15) is 0 Å². The van der Waals surface area contributed by atoms with Crippen LogP contribution in [0.2, 0.25) is 0 Å².